The van der Waals surface area contributed by atoms with Crippen molar-refractivity contribution in [1.82, 2.24) is 5.32 Å². The first-order valence-corrected chi connectivity index (χ1v) is 7.46. The summed E-state index contributed by atoms with van der Waals surface area (Å²) in [6.07, 6.45) is 2.14. The minimum absolute atomic E-state index is 0.670. The number of halogens is 1. The number of nitrogens with one attached hydrogen (secondary N) is 1. The Morgan fingerprint density at radius 3 is 2.82 bits per heavy atom. The van der Waals surface area contributed by atoms with Crippen molar-refractivity contribution in [3.63, 3.8) is 0 Å². The molecule has 0 saturated carbocycles. The lowest BCUT2D eigenvalue weighted by Crippen LogP contribution is -2.22. The van der Waals surface area contributed by atoms with Gasteiger partial charge in [0.1, 0.15) is 5.75 Å². The first kappa shape index (κ1) is 14.7. The van der Waals surface area contributed by atoms with E-state index in [0.717, 1.165) is 18.8 Å². The summed E-state index contributed by atoms with van der Waals surface area (Å²) < 4.78 is 5.12. The molecule has 0 aromatic heterocycles. The van der Waals surface area contributed by atoms with Crippen LogP contribution in [0.2, 0.25) is 5.02 Å². The predicted molar refractivity (Wildman–Crippen MR) is 77.3 cm³/mol. The second-order valence-electron chi connectivity index (χ2n) is 4.16. The molecule has 17 heavy (non-hydrogen) atoms. The van der Waals surface area contributed by atoms with Crippen molar-refractivity contribution in [3.8, 4) is 5.75 Å². The summed E-state index contributed by atoms with van der Waals surface area (Å²) in [6, 6.07) is 5.90. The molecular weight excluding hydrogens is 254 g/mol. The molecule has 0 radical (unpaired) electrons. The normalized spacial score (nSPS) is 12.5. The third-order valence-electron chi connectivity index (χ3n) is 2.49. The van der Waals surface area contributed by atoms with Crippen LogP contribution in [0.3, 0.4) is 0 Å². The maximum absolute atomic E-state index is 6.06. The van der Waals surface area contributed by atoms with Gasteiger partial charge >= 0.3 is 0 Å². The maximum atomic E-state index is 6.06. The van der Waals surface area contributed by atoms with Crippen LogP contribution >= 0.6 is 23.4 Å². The summed E-state index contributed by atoms with van der Waals surface area (Å²) in [7, 11) is 1.63. The van der Waals surface area contributed by atoms with Crippen molar-refractivity contribution < 1.29 is 4.74 Å². The van der Waals surface area contributed by atoms with Crippen LogP contribution in [-0.4, -0.2) is 25.7 Å². The zero-order chi connectivity index (χ0) is 12.7. The van der Waals surface area contributed by atoms with Crippen LogP contribution in [0.1, 0.15) is 12.5 Å². The molecule has 2 nitrogen and oxygen atoms in total. The highest BCUT2D eigenvalue weighted by molar-refractivity contribution is 7.98. The number of methoxy groups -OCH3 is 1. The van der Waals surface area contributed by atoms with Gasteiger partial charge in [-0.3, -0.25) is 0 Å². The quantitative estimate of drug-likeness (QED) is 0.822. The highest BCUT2D eigenvalue weighted by atomic mass is 35.5. The average Bonchev–Trinajstić information content (AvgIpc) is 2.29. The minimum atomic E-state index is 0.670. The van der Waals surface area contributed by atoms with Crippen molar-refractivity contribution in [2.75, 3.05) is 25.7 Å². The van der Waals surface area contributed by atoms with E-state index in [-0.39, 0.29) is 0 Å². The molecule has 0 aliphatic heterocycles. The summed E-state index contributed by atoms with van der Waals surface area (Å²) in [6.45, 7) is 4.14. The summed E-state index contributed by atoms with van der Waals surface area (Å²) in [5.41, 5.74) is 1.19. The highest BCUT2D eigenvalue weighted by Gasteiger charge is 2.03. The Kier molecular flexibility index (Phi) is 6.78. The van der Waals surface area contributed by atoms with E-state index in [1.54, 1.807) is 7.11 Å². The Morgan fingerprint density at radius 2 is 2.24 bits per heavy atom. The molecule has 0 aliphatic carbocycles. The maximum Gasteiger partial charge on any atom is 0.137 e. The Hall–Kier alpha value is -0.380. The molecule has 1 aromatic carbocycles. The lowest BCUT2D eigenvalue weighted by Gasteiger charge is -2.11. The second kappa shape index (κ2) is 7.85. The Bertz CT molecular complexity index is 346. The van der Waals surface area contributed by atoms with Crippen LogP contribution in [0.15, 0.2) is 18.2 Å². The van der Waals surface area contributed by atoms with Crippen molar-refractivity contribution in [1.29, 1.82) is 0 Å². The van der Waals surface area contributed by atoms with Gasteiger partial charge in [-0.25, -0.2) is 0 Å². The Balaban J connectivity index is 2.39. The van der Waals surface area contributed by atoms with Crippen LogP contribution in [0.5, 0.6) is 5.75 Å². The summed E-state index contributed by atoms with van der Waals surface area (Å²) in [5, 5.41) is 4.11. The van der Waals surface area contributed by atoms with Crippen molar-refractivity contribution in [2.24, 2.45) is 5.92 Å². The molecule has 0 bridgehead atoms. The van der Waals surface area contributed by atoms with Gasteiger partial charge in [-0.05, 0) is 42.2 Å². The highest BCUT2D eigenvalue weighted by Crippen LogP contribution is 2.24. The number of rotatable bonds is 7. The zero-order valence-corrected chi connectivity index (χ0v) is 12.2. The topological polar surface area (TPSA) is 21.3 Å². The van der Waals surface area contributed by atoms with Crippen molar-refractivity contribution in [2.45, 2.75) is 13.5 Å². The number of hydrogen-bond acceptors (Lipinski definition) is 3. The van der Waals surface area contributed by atoms with Crippen LogP contribution in [0.25, 0.3) is 0 Å². The number of thioether (sulfide) groups is 1. The number of ether oxygens (including phenoxy) is 1. The molecule has 0 amide bonds. The van der Waals surface area contributed by atoms with Gasteiger partial charge in [-0.2, -0.15) is 11.8 Å². The monoisotopic (exact) mass is 273 g/mol. The molecule has 0 fully saturated rings. The van der Waals surface area contributed by atoms with E-state index < -0.39 is 0 Å². The first-order valence-electron chi connectivity index (χ1n) is 5.69. The first-order chi connectivity index (χ1) is 8.17. The second-order valence-corrected chi connectivity index (χ2v) is 5.48. The van der Waals surface area contributed by atoms with E-state index in [1.165, 1.54) is 11.3 Å². The van der Waals surface area contributed by atoms with E-state index in [2.05, 4.69) is 18.5 Å². The van der Waals surface area contributed by atoms with Gasteiger partial charge in [0, 0.05) is 6.54 Å². The van der Waals surface area contributed by atoms with Crippen molar-refractivity contribution >= 4 is 23.4 Å². The van der Waals surface area contributed by atoms with Gasteiger partial charge in [-0.1, -0.05) is 24.6 Å². The molecule has 1 aromatic rings. The number of benzene rings is 1. The molecule has 4 heteroatoms. The van der Waals surface area contributed by atoms with E-state index in [4.69, 9.17) is 16.3 Å². The molecule has 1 N–H and O–H groups in total. The van der Waals surface area contributed by atoms with Gasteiger partial charge < -0.3 is 10.1 Å². The van der Waals surface area contributed by atoms with E-state index in [0.29, 0.717) is 10.9 Å². The van der Waals surface area contributed by atoms with Gasteiger partial charge in [0.15, 0.2) is 0 Å². The largest absolute Gasteiger partial charge is 0.495 e. The standard InChI is InChI=1S/C13H20ClNOS/c1-10(9-17-3)7-15-8-11-4-5-13(16-2)12(14)6-11/h4-6,10,15H,7-9H2,1-3H3. The summed E-state index contributed by atoms with van der Waals surface area (Å²) in [5.74, 6) is 2.61. The fourth-order valence-corrected chi connectivity index (χ4v) is 2.59. The van der Waals surface area contributed by atoms with E-state index in [1.807, 2.05) is 30.0 Å². The molecule has 0 aliphatic rings. The molecule has 1 unspecified atom stereocenters. The van der Waals surface area contributed by atoms with Crippen LogP contribution in [-0.2, 0) is 6.54 Å². The molecule has 0 heterocycles. The minimum Gasteiger partial charge on any atom is -0.495 e. The van der Waals surface area contributed by atoms with Gasteiger partial charge in [0.2, 0.25) is 0 Å². The number of hydrogen-bond donors (Lipinski definition) is 1. The fourth-order valence-electron chi connectivity index (χ4n) is 1.63. The lowest BCUT2D eigenvalue weighted by molar-refractivity contribution is 0.415. The average molecular weight is 274 g/mol. The van der Waals surface area contributed by atoms with Gasteiger partial charge in [0.25, 0.3) is 0 Å². The molecule has 1 atom stereocenters. The molecule has 96 valence electrons. The SMILES string of the molecule is COc1ccc(CNCC(C)CSC)cc1Cl. The van der Waals surface area contributed by atoms with Gasteiger partial charge in [0.05, 0.1) is 12.1 Å². The molecule has 0 saturated heterocycles. The molecule has 1 rings (SSSR count). The zero-order valence-electron chi connectivity index (χ0n) is 10.6. The van der Waals surface area contributed by atoms with E-state index >= 15 is 0 Å². The van der Waals surface area contributed by atoms with Crippen molar-refractivity contribution in [3.05, 3.63) is 28.8 Å². The fraction of sp³-hybridized carbons (Fsp3) is 0.538. The summed E-state index contributed by atoms with van der Waals surface area (Å²) in [4.78, 5) is 0. The predicted octanol–water partition coefficient (Wildman–Crippen LogP) is 3.44. The lowest BCUT2D eigenvalue weighted by atomic mass is 10.2. The third-order valence-corrected chi connectivity index (χ3v) is 3.69. The van der Waals surface area contributed by atoms with Crippen LogP contribution in [0.4, 0.5) is 0 Å². The smallest absolute Gasteiger partial charge is 0.137 e. The van der Waals surface area contributed by atoms with Crippen LogP contribution in [0, 0.1) is 5.92 Å². The molecule has 0 spiro atoms. The van der Waals surface area contributed by atoms with E-state index in [9.17, 15) is 0 Å². The molecular formula is C13H20ClNOS. The Labute approximate surface area is 113 Å². The van der Waals surface area contributed by atoms with Gasteiger partial charge in [-0.15, -0.1) is 0 Å². The van der Waals surface area contributed by atoms with Crippen LogP contribution < -0.4 is 10.1 Å². The summed E-state index contributed by atoms with van der Waals surface area (Å²) >= 11 is 7.95. The Morgan fingerprint density at radius 1 is 1.47 bits per heavy atom. The third kappa shape index (κ3) is 5.19.